The number of nitrogens with two attached hydrogens (primary N) is 3. The molecule has 0 bridgehead atoms. The fourth-order valence-corrected chi connectivity index (χ4v) is 9.15. The van der Waals surface area contributed by atoms with E-state index in [0.717, 1.165) is 19.3 Å². The summed E-state index contributed by atoms with van der Waals surface area (Å²) in [7, 11) is 0. The molecule has 2 amide bonds. The number of carbonyl (C=O) groups is 2. The van der Waals surface area contributed by atoms with E-state index in [1.54, 1.807) is 6.92 Å². The molecule has 0 aromatic heterocycles. The minimum atomic E-state index is -0.898. The number of rotatable bonds is 10. The van der Waals surface area contributed by atoms with E-state index in [-0.39, 0.29) is 24.6 Å². The van der Waals surface area contributed by atoms with E-state index >= 15 is 0 Å². The Labute approximate surface area is 223 Å². The maximum absolute atomic E-state index is 12.7. The van der Waals surface area contributed by atoms with Crippen LogP contribution in [0, 0.1) is 40.9 Å². The van der Waals surface area contributed by atoms with Crippen LogP contribution in [-0.4, -0.2) is 41.4 Å². The number of fused-ring (bicyclic) bond motifs is 5. The van der Waals surface area contributed by atoms with E-state index in [0.29, 0.717) is 60.2 Å². The van der Waals surface area contributed by atoms with Gasteiger partial charge in [-0.1, -0.05) is 19.8 Å². The molecular formula is C29H53N5O3. The third kappa shape index (κ3) is 6.51. The van der Waals surface area contributed by atoms with Gasteiger partial charge in [0.05, 0.1) is 18.4 Å². The predicted molar refractivity (Wildman–Crippen MR) is 146 cm³/mol. The van der Waals surface area contributed by atoms with Gasteiger partial charge in [0.1, 0.15) is 6.04 Å². The first-order valence-corrected chi connectivity index (χ1v) is 15.1. The Balaban J connectivity index is 1.28. The van der Waals surface area contributed by atoms with Crippen LogP contribution in [0.25, 0.3) is 0 Å². The number of nitrogens with one attached hydrogen (secondary N) is 2. The molecule has 8 heteroatoms. The average molecular weight is 520 g/mol. The highest BCUT2D eigenvalue weighted by Crippen LogP contribution is 2.64. The summed E-state index contributed by atoms with van der Waals surface area (Å²) in [5, 5.41) is 16.8. The Kier molecular flexibility index (Phi) is 9.25. The third-order valence-electron chi connectivity index (χ3n) is 10.9. The molecule has 4 aliphatic rings. The van der Waals surface area contributed by atoms with Crippen LogP contribution in [0.3, 0.4) is 0 Å². The van der Waals surface area contributed by atoms with Crippen molar-refractivity contribution in [3.05, 3.63) is 0 Å². The highest BCUT2D eigenvalue weighted by atomic mass is 16.3. The van der Waals surface area contributed by atoms with Crippen molar-refractivity contribution in [1.29, 1.82) is 0 Å². The molecule has 4 aliphatic carbocycles. The van der Waals surface area contributed by atoms with Crippen molar-refractivity contribution in [1.82, 2.24) is 10.6 Å². The fraction of sp³-hybridized carbons (Fsp3) is 0.931. The second-order valence-corrected chi connectivity index (χ2v) is 13.5. The Morgan fingerprint density at radius 1 is 1.11 bits per heavy atom. The zero-order valence-electron chi connectivity index (χ0n) is 23.2. The van der Waals surface area contributed by atoms with Gasteiger partial charge in [-0.3, -0.25) is 9.59 Å². The van der Waals surface area contributed by atoms with Gasteiger partial charge in [0, 0.05) is 6.42 Å². The Morgan fingerprint density at radius 2 is 1.86 bits per heavy atom. The van der Waals surface area contributed by atoms with E-state index < -0.39 is 11.7 Å². The SMILES string of the molecule is CC(N)(N)CCC(NC(=O)CCCC1CCC2C1CCC1C2C(O)CC2CCCCC21C)C(=O)NCN. The zero-order chi connectivity index (χ0) is 26.8. The van der Waals surface area contributed by atoms with Crippen molar-refractivity contribution in [3.63, 3.8) is 0 Å². The van der Waals surface area contributed by atoms with Crippen molar-refractivity contribution in [2.24, 2.45) is 58.1 Å². The van der Waals surface area contributed by atoms with Gasteiger partial charge in [-0.25, -0.2) is 0 Å². The highest BCUT2D eigenvalue weighted by molar-refractivity contribution is 5.87. The van der Waals surface area contributed by atoms with Gasteiger partial charge in [0.2, 0.25) is 11.8 Å². The van der Waals surface area contributed by atoms with E-state index in [4.69, 9.17) is 17.2 Å². The average Bonchev–Trinajstić information content (AvgIpc) is 3.25. The third-order valence-corrected chi connectivity index (χ3v) is 10.9. The van der Waals surface area contributed by atoms with E-state index in [2.05, 4.69) is 17.6 Å². The minimum absolute atomic E-state index is 0.0221. The summed E-state index contributed by atoms with van der Waals surface area (Å²) < 4.78 is 0. The number of hydrogen-bond donors (Lipinski definition) is 6. The first kappa shape index (κ1) is 28.8. The summed E-state index contributed by atoms with van der Waals surface area (Å²) in [5.41, 5.74) is 16.7. The quantitative estimate of drug-likeness (QED) is 0.244. The summed E-state index contributed by atoms with van der Waals surface area (Å²) in [6.45, 7) is 4.28. The molecule has 0 spiro atoms. The van der Waals surface area contributed by atoms with Crippen LogP contribution in [0.1, 0.15) is 104 Å². The second-order valence-electron chi connectivity index (χ2n) is 13.5. The van der Waals surface area contributed by atoms with E-state index in [1.807, 2.05) is 0 Å². The van der Waals surface area contributed by atoms with Crippen LogP contribution in [-0.2, 0) is 9.59 Å². The van der Waals surface area contributed by atoms with Crippen molar-refractivity contribution in [2.75, 3.05) is 6.67 Å². The van der Waals surface area contributed by atoms with E-state index in [9.17, 15) is 14.7 Å². The Bertz CT molecular complexity index is 801. The molecule has 4 saturated carbocycles. The van der Waals surface area contributed by atoms with Crippen LogP contribution < -0.4 is 27.8 Å². The van der Waals surface area contributed by atoms with Gasteiger partial charge in [-0.05, 0) is 118 Å². The zero-order valence-corrected chi connectivity index (χ0v) is 23.2. The van der Waals surface area contributed by atoms with Crippen LogP contribution in [0.5, 0.6) is 0 Å². The highest BCUT2D eigenvalue weighted by Gasteiger charge is 2.58. The summed E-state index contributed by atoms with van der Waals surface area (Å²) in [6.07, 6.45) is 14.3. The lowest BCUT2D eigenvalue weighted by Gasteiger charge is -2.59. The number of aliphatic hydroxyl groups excluding tert-OH is 1. The van der Waals surface area contributed by atoms with Gasteiger partial charge in [-0.15, -0.1) is 0 Å². The molecule has 0 aromatic rings. The summed E-state index contributed by atoms with van der Waals surface area (Å²) in [6, 6.07) is -0.675. The minimum Gasteiger partial charge on any atom is -0.393 e. The van der Waals surface area contributed by atoms with Crippen molar-refractivity contribution < 1.29 is 14.7 Å². The van der Waals surface area contributed by atoms with E-state index in [1.165, 1.54) is 51.4 Å². The maximum atomic E-state index is 12.7. The predicted octanol–water partition coefficient (Wildman–Crippen LogP) is 2.72. The molecule has 9 unspecified atom stereocenters. The molecule has 9 atom stereocenters. The lowest BCUT2D eigenvalue weighted by molar-refractivity contribution is -0.145. The first-order chi connectivity index (χ1) is 17.5. The van der Waals surface area contributed by atoms with Crippen molar-refractivity contribution in [2.45, 2.75) is 122 Å². The molecule has 9 N–H and O–H groups in total. The Hall–Kier alpha value is -1.22. The molecule has 0 saturated heterocycles. The van der Waals surface area contributed by atoms with Crippen molar-refractivity contribution in [3.8, 4) is 0 Å². The first-order valence-electron chi connectivity index (χ1n) is 15.1. The maximum Gasteiger partial charge on any atom is 0.243 e. The standard InChI is InChI=1S/C29H53N5O3/c1-28-14-4-3-7-19(28)16-24(35)26-21-10-9-18(20(21)11-12-22(26)28)6-5-8-25(36)34-23(27(37)33-17-30)13-15-29(2,31)32/h18-24,26,35H,3-17,30-32H2,1-2H3,(H,33,37)(H,34,36). The number of amides is 2. The molecule has 8 nitrogen and oxygen atoms in total. The molecule has 37 heavy (non-hydrogen) atoms. The largest absolute Gasteiger partial charge is 0.393 e. The van der Waals surface area contributed by atoms with Gasteiger partial charge in [-0.2, -0.15) is 0 Å². The number of hydrogen-bond acceptors (Lipinski definition) is 6. The molecule has 4 rings (SSSR count). The monoisotopic (exact) mass is 519 g/mol. The molecule has 212 valence electrons. The lowest BCUT2D eigenvalue weighted by atomic mass is 9.46. The van der Waals surface area contributed by atoms with Crippen LogP contribution in [0.4, 0.5) is 0 Å². The molecule has 4 fully saturated rings. The molecule has 0 radical (unpaired) electrons. The lowest BCUT2D eigenvalue weighted by Crippen LogP contribution is -2.55. The summed E-state index contributed by atoms with van der Waals surface area (Å²) in [4.78, 5) is 25.1. The van der Waals surface area contributed by atoms with Gasteiger partial charge in [0.15, 0.2) is 0 Å². The fourth-order valence-electron chi connectivity index (χ4n) is 9.15. The van der Waals surface area contributed by atoms with Gasteiger partial charge < -0.3 is 32.9 Å². The normalized spacial score (nSPS) is 38.2. The molecule has 0 aliphatic heterocycles. The molecule has 0 aromatic carbocycles. The smallest absolute Gasteiger partial charge is 0.243 e. The Morgan fingerprint density at radius 3 is 2.59 bits per heavy atom. The number of aliphatic hydroxyl groups is 1. The van der Waals surface area contributed by atoms with Crippen LogP contribution >= 0.6 is 0 Å². The summed E-state index contributed by atoms with van der Waals surface area (Å²) >= 11 is 0. The van der Waals surface area contributed by atoms with Crippen LogP contribution in [0.2, 0.25) is 0 Å². The topological polar surface area (TPSA) is 156 Å². The molecular weight excluding hydrogens is 466 g/mol. The van der Waals surface area contributed by atoms with Gasteiger partial charge in [0.25, 0.3) is 0 Å². The van der Waals surface area contributed by atoms with Crippen molar-refractivity contribution >= 4 is 11.8 Å². The summed E-state index contributed by atoms with van der Waals surface area (Å²) in [5.74, 6) is 3.46. The number of carbonyl (C=O) groups excluding carboxylic acids is 2. The van der Waals surface area contributed by atoms with Crippen LogP contribution in [0.15, 0.2) is 0 Å². The molecule has 0 heterocycles. The second kappa shape index (κ2) is 11.9. The van der Waals surface area contributed by atoms with Gasteiger partial charge >= 0.3 is 0 Å².